The van der Waals surface area contributed by atoms with Gasteiger partial charge in [-0.15, -0.1) is 0 Å². The maximum absolute atomic E-state index is 10.8. The lowest BCUT2D eigenvalue weighted by molar-refractivity contribution is -0.385. The molecule has 1 aromatic rings. The summed E-state index contributed by atoms with van der Waals surface area (Å²) in [6.07, 6.45) is 0.491. The number of nitro groups is 1. The minimum atomic E-state index is -0.924. The van der Waals surface area contributed by atoms with Crippen molar-refractivity contribution in [3.8, 4) is 0 Å². The zero-order chi connectivity index (χ0) is 14.5. The van der Waals surface area contributed by atoms with Gasteiger partial charge >= 0.3 is 0 Å². The number of nitro benzene ring substituents is 1. The van der Waals surface area contributed by atoms with E-state index in [0.29, 0.717) is 30.8 Å². The molecule has 0 aromatic heterocycles. The quantitative estimate of drug-likeness (QED) is 0.584. The molecule has 0 bridgehead atoms. The molecule has 6 nitrogen and oxygen atoms in total. The highest BCUT2D eigenvalue weighted by molar-refractivity contribution is 5.59. The molecule has 1 atom stereocenters. The Morgan fingerprint density at radius 1 is 1.53 bits per heavy atom. The lowest BCUT2D eigenvalue weighted by Gasteiger charge is -2.24. The standard InChI is InChI=1S/C13H20N2O4/c1-10-11(5-4-6-12(10)15(17)18)14-9-13(2,16)7-8-19-3/h4-6,14,16H,7-9H2,1-3H3. The Balaban J connectivity index is 2.73. The van der Waals surface area contributed by atoms with Gasteiger partial charge in [0.25, 0.3) is 5.69 Å². The van der Waals surface area contributed by atoms with Crippen molar-refractivity contribution >= 4 is 11.4 Å². The van der Waals surface area contributed by atoms with Crippen molar-refractivity contribution in [1.29, 1.82) is 0 Å². The van der Waals surface area contributed by atoms with Crippen LogP contribution in [0.2, 0.25) is 0 Å². The van der Waals surface area contributed by atoms with Crippen LogP contribution in [0.5, 0.6) is 0 Å². The van der Waals surface area contributed by atoms with Crippen molar-refractivity contribution in [3.63, 3.8) is 0 Å². The number of anilines is 1. The van der Waals surface area contributed by atoms with E-state index in [2.05, 4.69) is 5.32 Å². The largest absolute Gasteiger partial charge is 0.388 e. The molecule has 1 rings (SSSR count). The number of hydrogen-bond acceptors (Lipinski definition) is 5. The number of rotatable bonds is 7. The molecule has 19 heavy (non-hydrogen) atoms. The van der Waals surface area contributed by atoms with Gasteiger partial charge in [0.2, 0.25) is 0 Å². The predicted octanol–water partition coefficient (Wildman–Crippen LogP) is 2.10. The van der Waals surface area contributed by atoms with Gasteiger partial charge in [-0.2, -0.15) is 0 Å². The molecule has 0 aliphatic rings. The minimum Gasteiger partial charge on any atom is -0.388 e. The molecule has 0 aliphatic heterocycles. The zero-order valence-electron chi connectivity index (χ0n) is 11.5. The van der Waals surface area contributed by atoms with Gasteiger partial charge in [0, 0.05) is 44.0 Å². The first-order valence-corrected chi connectivity index (χ1v) is 6.06. The van der Waals surface area contributed by atoms with Crippen LogP contribution in [-0.4, -0.2) is 35.9 Å². The number of nitrogens with one attached hydrogen (secondary N) is 1. The third-order valence-electron chi connectivity index (χ3n) is 3.01. The molecule has 6 heteroatoms. The molecule has 0 saturated heterocycles. The second-order valence-corrected chi connectivity index (χ2v) is 4.80. The molecule has 0 aliphatic carbocycles. The zero-order valence-corrected chi connectivity index (χ0v) is 11.5. The van der Waals surface area contributed by atoms with Crippen molar-refractivity contribution in [1.82, 2.24) is 0 Å². The topological polar surface area (TPSA) is 84.6 Å². The van der Waals surface area contributed by atoms with E-state index in [-0.39, 0.29) is 5.69 Å². The van der Waals surface area contributed by atoms with Crippen molar-refractivity contribution in [3.05, 3.63) is 33.9 Å². The van der Waals surface area contributed by atoms with Crippen LogP contribution in [-0.2, 0) is 4.74 Å². The summed E-state index contributed by atoms with van der Waals surface area (Å²) in [5.41, 5.74) is 0.371. The van der Waals surface area contributed by atoms with Crippen LogP contribution >= 0.6 is 0 Å². The number of ether oxygens (including phenoxy) is 1. The van der Waals surface area contributed by atoms with Gasteiger partial charge in [0.15, 0.2) is 0 Å². The second kappa shape index (κ2) is 6.49. The van der Waals surface area contributed by atoms with Gasteiger partial charge in [0.05, 0.1) is 10.5 Å². The normalized spacial score (nSPS) is 13.9. The number of hydrogen-bond donors (Lipinski definition) is 2. The molecule has 106 valence electrons. The fourth-order valence-electron chi connectivity index (χ4n) is 1.71. The average Bonchev–Trinajstić information content (AvgIpc) is 2.35. The fourth-order valence-corrected chi connectivity index (χ4v) is 1.71. The van der Waals surface area contributed by atoms with E-state index in [9.17, 15) is 15.2 Å². The summed E-state index contributed by atoms with van der Waals surface area (Å²) in [4.78, 5) is 10.4. The monoisotopic (exact) mass is 268 g/mol. The highest BCUT2D eigenvalue weighted by atomic mass is 16.6. The highest BCUT2D eigenvalue weighted by Crippen LogP contribution is 2.25. The van der Waals surface area contributed by atoms with Gasteiger partial charge in [-0.3, -0.25) is 10.1 Å². The van der Waals surface area contributed by atoms with Crippen molar-refractivity contribution in [2.75, 3.05) is 25.6 Å². The summed E-state index contributed by atoms with van der Waals surface area (Å²) in [5, 5.41) is 24.0. The maximum Gasteiger partial charge on any atom is 0.274 e. The molecule has 0 heterocycles. The van der Waals surface area contributed by atoms with Gasteiger partial charge in [-0.25, -0.2) is 0 Å². The third kappa shape index (κ3) is 4.50. The summed E-state index contributed by atoms with van der Waals surface area (Å²) in [6, 6.07) is 4.84. The Hall–Kier alpha value is -1.66. The Morgan fingerprint density at radius 3 is 2.79 bits per heavy atom. The smallest absolute Gasteiger partial charge is 0.274 e. The van der Waals surface area contributed by atoms with E-state index in [0.717, 1.165) is 0 Å². The van der Waals surface area contributed by atoms with E-state index in [1.807, 2.05) is 0 Å². The van der Waals surface area contributed by atoms with Crippen LogP contribution in [0.4, 0.5) is 11.4 Å². The lowest BCUT2D eigenvalue weighted by atomic mass is 10.0. The summed E-state index contributed by atoms with van der Waals surface area (Å²) < 4.78 is 4.93. The first kappa shape index (κ1) is 15.4. The first-order chi connectivity index (χ1) is 8.87. The Kier molecular flexibility index (Phi) is 5.26. The molecule has 1 unspecified atom stereocenters. The Morgan fingerprint density at radius 2 is 2.21 bits per heavy atom. The molecule has 0 radical (unpaired) electrons. The summed E-state index contributed by atoms with van der Waals surface area (Å²) in [5.74, 6) is 0. The second-order valence-electron chi connectivity index (χ2n) is 4.80. The average molecular weight is 268 g/mol. The summed E-state index contributed by atoms with van der Waals surface area (Å²) >= 11 is 0. The van der Waals surface area contributed by atoms with Crippen molar-refractivity contribution < 1.29 is 14.8 Å². The van der Waals surface area contributed by atoms with E-state index < -0.39 is 10.5 Å². The van der Waals surface area contributed by atoms with Gasteiger partial charge in [-0.05, 0) is 19.9 Å². The van der Waals surface area contributed by atoms with E-state index in [4.69, 9.17) is 4.74 Å². The SMILES string of the molecule is COCCC(C)(O)CNc1cccc([N+](=O)[O-])c1C. The maximum atomic E-state index is 10.8. The van der Waals surface area contributed by atoms with Crippen LogP contribution in [0.1, 0.15) is 18.9 Å². The van der Waals surface area contributed by atoms with E-state index >= 15 is 0 Å². The molecule has 0 amide bonds. The Labute approximate surface area is 112 Å². The summed E-state index contributed by atoms with van der Waals surface area (Å²) in [6.45, 7) is 4.15. The molecular formula is C13H20N2O4. The number of benzene rings is 1. The molecule has 0 spiro atoms. The minimum absolute atomic E-state index is 0.0709. The van der Waals surface area contributed by atoms with E-state index in [1.165, 1.54) is 6.07 Å². The van der Waals surface area contributed by atoms with Crippen LogP contribution in [0, 0.1) is 17.0 Å². The highest BCUT2D eigenvalue weighted by Gasteiger charge is 2.21. The third-order valence-corrected chi connectivity index (χ3v) is 3.01. The van der Waals surface area contributed by atoms with E-state index in [1.54, 1.807) is 33.1 Å². The molecule has 0 saturated carbocycles. The van der Waals surface area contributed by atoms with Gasteiger partial charge < -0.3 is 15.2 Å². The molecule has 0 fully saturated rings. The number of methoxy groups -OCH3 is 1. The first-order valence-electron chi connectivity index (χ1n) is 6.06. The van der Waals surface area contributed by atoms with Crippen molar-refractivity contribution in [2.45, 2.75) is 25.9 Å². The number of aliphatic hydroxyl groups is 1. The van der Waals surface area contributed by atoms with Gasteiger partial charge in [0.1, 0.15) is 0 Å². The van der Waals surface area contributed by atoms with Crippen LogP contribution < -0.4 is 5.32 Å². The van der Waals surface area contributed by atoms with Crippen LogP contribution in [0.15, 0.2) is 18.2 Å². The molecule has 1 aromatic carbocycles. The van der Waals surface area contributed by atoms with Crippen molar-refractivity contribution in [2.24, 2.45) is 0 Å². The number of nitrogens with zero attached hydrogens (tertiary/aromatic N) is 1. The molecular weight excluding hydrogens is 248 g/mol. The van der Waals surface area contributed by atoms with Gasteiger partial charge in [-0.1, -0.05) is 6.07 Å². The lowest BCUT2D eigenvalue weighted by Crippen LogP contribution is -2.34. The Bertz CT molecular complexity index is 446. The fraction of sp³-hybridized carbons (Fsp3) is 0.538. The molecule has 2 N–H and O–H groups in total. The van der Waals surface area contributed by atoms with Crippen LogP contribution in [0.3, 0.4) is 0 Å². The van der Waals surface area contributed by atoms with Crippen LogP contribution in [0.25, 0.3) is 0 Å². The predicted molar refractivity (Wildman–Crippen MR) is 73.4 cm³/mol. The summed E-state index contributed by atoms with van der Waals surface area (Å²) in [7, 11) is 1.58.